The van der Waals surface area contributed by atoms with Crippen molar-refractivity contribution in [1.82, 2.24) is 10.6 Å². The summed E-state index contributed by atoms with van der Waals surface area (Å²) in [6.07, 6.45) is -0.381. The van der Waals surface area contributed by atoms with Crippen molar-refractivity contribution in [3.05, 3.63) is 30.1 Å². The second kappa shape index (κ2) is 7.98. The van der Waals surface area contributed by atoms with Crippen LogP contribution in [0.15, 0.2) is 24.3 Å². The monoisotopic (exact) mass is 312 g/mol. The molecule has 0 aliphatic rings. The van der Waals surface area contributed by atoms with E-state index in [1.54, 1.807) is 26.0 Å². The van der Waals surface area contributed by atoms with Gasteiger partial charge in [-0.15, -0.1) is 0 Å². The highest BCUT2D eigenvalue weighted by Gasteiger charge is 2.25. The Morgan fingerprint density at radius 3 is 2.55 bits per heavy atom. The molecule has 3 N–H and O–H groups in total. The Balaban J connectivity index is 2.33. The fourth-order valence-electron chi connectivity index (χ4n) is 1.56. The molecule has 0 fully saturated rings. The summed E-state index contributed by atoms with van der Waals surface area (Å²) >= 11 is 0. The van der Waals surface area contributed by atoms with Crippen molar-refractivity contribution in [2.75, 3.05) is 13.1 Å². The quantitative estimate of drug-likeness (QED) is 0.723. The molecule has 0 aromatic heterocycles. The highest BCUT2D eigenvalue weighted by molar-refractivity contribution is 5.73. The van der Waals surface area contributed by atoms with Crippen LogP contribution in [0.4, 0.5) is 9.18 Å². The Hall–Kier alpha value is -1.82. The maximum atomic E-state index is 13.4. The molecule has 22 heavy (non-hydrogen) atoms. The Bertz CT molecular complexity index is 492. The van der Waals surface area contributed by atoms with E-state index in [0.29, 0.717) is 0 Å². The fraction of sp³-hybridized carbons (Fsp3) is 0.562. The Kier molecular flexibility index (Phi) is 6.61. The molecule has 2 amide bonds. The lowest BCUT2D eigenvalue weighted by Crippen LogP contribution is -2.48. The first-order valence-electron chi connectivity index (χ1n) is 7.37. The molecule has 0 saturated carbocycles. The maximum absolute atomic E-state index is 13.4. The van der Waals surface area contributed by atoms with Crippen molar-refractivity contribution in [1.29, 1.82) is 0 Å². The minimum absolute atomic E-state index is 0.0242. The molecule has 124 valence electrons. The van der Waals surface area contributed by atoms with Crippen molar-refractivity contribution >= 4 is 6.03 Å². The summed E-state index contributed by atoms with van der Waals surface area (Å²) in [5.41, 5.74) is -0.966. The number of aliphatic hydroxyl groups is 1. The van der Waals surface area contributed by atoms with E-state index in [1.807, 2.05) is 13.8 Å². The molecule has 0 spiro atoms. The SMILES string of the molecule is CC(CNC(=O)NCC(C)(O)C(C)C)Oc1ccccc1F. The van der Waals surface area contributed by atoms with E-state index >= 15 is 0 Å². The number of nitrogens with one attached hydrogen (secondary N) is 2. The predicted octanol–water partition coefficient (Wildman–Crippen LogP) is 2.30. The molecule has 0 bridgehead atoms. The third-order valence-electron chi connectivity index (χ3n) is 3.57. The van der Waals surface area contributed by atoms with Crippen LogP contribution in [0, 0.1) is 11.7 Å². The van der Waals surface area contributed by atoms with Crippen molar-refractivity contribution in [2.45, 2.75) is 39.4 Å². The highest BCUT2D eigenvalue weighted by Crippen LogP contribution is 2.17. The Morgan fingerprint density at radius 1 is 1.32 bits per heavy atom. The molecule has 1 rings (SSSR count). The van der Waals surface area contributed by atoms with Crippen molar-refractivity contribution in [2.24, 2.45) is 5.92 Å². The summed E-state index contributed by atoms with van der Waals surface area (Å²) in [5.74, 6) is -0.261. The molecule has 5 nitrogen and oxygen atoms in total. The van der Waals surface area contributed by atoms with Crippen LogP contribution < -0.4 is 15.4 Å². The molecule has 1 aromatic carbocycles. The van der Waals surface area contributed by atoms with Gasteiger partial charge in [0.2, 0.25) is 0 Å². The normalized spacial score (nSPS) is 15.0. The predicted molar refractivity (Wildman–Crippen MR) is 83.4 cm³/mol. The lowest BCUT2D eigenvalue weighted by Gasteiger charge is -2.28. The number of carbonyl (C=O) groups is 1. The zero-order valence-electron chi connectivity index (χ0n) is 13.5. The highest BCUT2D eigenvalue weighted by atomic mass is 19.1. The van der Waals surface area contributed by atoms with Crippen LogP contribution in [0.25, 0.3) is 0 Å². The standard InChI is InChI=1S/C16H25FN2O3/c1-11(2)16(4,21)10-19-15(20)18-9-12(3)22-14-8-6-5-7-13(14)17/h5-8,11-12,21H,9-10H2,1-4H3,(H2,18,19,20). The number of amides is 2. The van der Waals surface area contributed by atoms with Gasteiger partial charge in [0, 0.05) is 6.54 Å². The number of hydrogen-bond donors (Lipinski definition) is 3. The number of hydrogen-bond acceptors (Lipinski definition) is 3. The molecular formula is C16H25FN2O3. The van der Waals surface area contributed by atoms with Crippen LogP contribution in [0.5, 0.6) is 5.75 Å². The van der Waals surface area contributed by atoms with Crippen molar-refractivity contribution in [3.8, 4) is 5.75 Å². The number of urea groups is 1. The Labute approximate surface area is 130 Å². The van der Waals surface area contributed by atoms with Gasteiger partial charge in [-0.2, -0.15) is 0 Å². The summed E-state index contributed by atoms with van der Waals surface area (Å²) in [6.45, 7) is 7.54. The molecule has 0 aliphatic carbocycles. The van der Waals surface area contributed by atoms with E-state index in [2.05, 4.69) is 10.6 Å². The second-order valence-electron chi connectivity index (χ2n) is 5.93. The van der Waals surface area contributed by atoms with E-state index in [-0.39, 0.29) is 30.9 Å². The second-order valence-corrected chi connectivity index (χ2v) is 5.93. The average Bonchev–Trinajstić information content (AvgIpc) is 2.45. The minimum Gasteiger partial charge on any atom is -0.486 e. The van der Waals surface area contributed by atoms with Gasteiger partial charge >= 0.3 is 6.03 Å². The molecule has 1 aromatic rings. The number of rotatable bonds is 7. The van der Waals surface area contributed by atoms with E-state index in [4.69, 9.17) is 4.74 Å². The summed E-state index contributed by atoms with van der Waals surface area (Å²) < 4.78 is 18.8. The third-order valence-corrected chi connectivity index (χ3v) is 3.57. The smallest absolute Gasteiger partial charge is 0.315 e. The van der Waals surface area contributed by atoms with Gasteiger partial charge in [0.05, 0.1) is 12.1 Å². The van der Waals surface area contributed by atoms with Gasteiger partial charge in [-0.3, -0.25) is 0 Å². The largest absolute Gasteiger partial charge is 0.486 e. The maximum Gasteiger partial charge on any atom is 0.315 e. The van der Waals surface area contributed by atoms with E-state index < -0.39 is 17.4 Å². The van der Waals surface area contributed by atoms with Gasteiger partial charge in [0.1, 0.15) is 6.10 Å². The van der Waals surface area contributed by atoms with Gasteiger partial charge in [0.25, 0.3) is 0 Å². The van der Waals surface area contributed by atoms with Crippen molar-refractivity contribution < 1.29 is 19.0 Å². The summed E-state index contributed by atoms with van der Waals surface area (Å²) in [4.78, 5) is 11.7. The lowest BCUT2D eigenvalue weighted by atomic mass is 9.93. The molecule has 0 heterocycles. The van der Waals surface area contributed by atoms with Gasteiger partial charge < -0.3 is 20.5 Å². The molecule has 6 heteroatoms. The van der Waals surface area contributed by atoms with Gasteiger partial charge in [-0.1, -0.05) is 26.0 Å². The fourth-order valence-corrected chi connectivity index (χ4v) is 1.56. The zero-order valence-corrected chi connectivity index (χ0v) is 13.5. The first kappa shape index (κ1) is 18.2. The Morgan fingerprint density at radius 2 is 1.95 bits per heavy atom. The van der Waals surface area contributed by atoms with Crippen LogP contribution in [-0.4, -0.2) is 35.9 Å². The first-order chi connectivity index (χ1) is 10.2. The number of ether oxygens (including phenoxy) is 1. The van der Waals surface area contributed by atoms with Gasteiger partial charge in [-0.05, 0) is 31.9 Å². The van der Waals surface area contributed by atoms with Crippen LogP contribution in [0.3, 0.4) is 0 Å². The third kappa shape index (κ3) is 5.89. The summed E-state index contributed by atoms with van der Waals surface area (Å²) in [5, 5.41) is 15.3. The minimum atomic E-state index is -0.966. The van der Waals surface area contributed by atoms with Gasteiger partial charge in [-0.25, -0.2) is 9.18 Å². The zero-order chi connectivity index (χ0) is 16.8. The molecule has 2 unspecified atom stereocenters. The number of benzene rings is 1. The van der Waals surface area contributed by atoms with E-state index in [1.165, 1.54) is 12.1 Å². The number of carbonyl (C=O) groups excluding carboxylic acids is 1. The van der Waals surface area contributed by atoms with Crippen LogP contribution >= 0.6 is 0 Å². The van der Waals surface area contributed by atoms with Crippen LogP contribution in [0.1, 0.15) is 27.7 Å². The summed E-state index contributed by atoms with van der Waals surface area (Å²) in [7, 11) is 0. The molecule has 0 radical (unpaired) electrons. The van der Waals surface area contributed by atoms with Crippen molar-refractivity contribution in [3.63, 3.8) is 0 Å². The molecular weight excluding hydrogens is 287 g/mol. The first-order valence-corrected chi connectivity index (χ1v) is 7.37. The molecule has 0 saturated heterocycles. The van der Waals surface area contributed by atoms with Gasteiger partial charge in [0.15, 0.2) is 11.6 Å². The topological polar surface area (TPSA) is 70.6 Å². The van der Waals surface area contributed by atoms with Crippen LogP contribution in [0.2, 0.25) is 0 Å². The number of halogens is 1. The van der Waals surface area contributed by atoms with E-state index in [0.717, 1.165) is 0 Å². The number of para-hydroxylation sites is 1. The molecule has 2 atom stereocenters. The van der Waals surface area contributed by atoms with E-state index in [9.17, 15) is 14.3 Å². The lowest BCUT2D eigenvalue weighted by molar-refractivity contribution is 0.0165. The summed E-state index contributed by atoms with van der Waals surface area (Å²) in [6, 6.07) is 5.71. The molecule has 0 aliphatic heterocycles. The average molecular weight is 312 g/mol. The van der Waals surface area contributed by atoms with Crippen LogP contribution in [-0.2, 0) is 0 Å².